The molecule has 0 unspecified atom stereocenters. The third kappa shape index (κ3) is 2.14. The Hall–Kier alpha value is -0.650. The monoisotopic (exact) mass is 161 g/mol. The number of aliphatic carboxylic acids is 1. The van der Waals surface area contributed by atoms with Gasteiger partial charge in [-0.1, -0.05) is 0 Å². The van der Waals surface area contributed by atoms with Crippen LogP contribution in [0.1, 0.15) is 0 Å². The van der Waals surface area contributed by atoms with E-state index in [1.54, 1.807) is 21.1 Å². The van der Waals surface area contributed by atoms with E-state index in [2.05, 4.69) is 16.0 Å². The summed E-state index contributed by atoms with van der Waals surface area (Å²) in [4.78, 5) is 10.7. The van der Waals surface area contributed by atoms with Crippen molar-refractivity contribution >= 4 is 5.97 Å². The summed E-state index contributed by atoms with van der Waals surface area (Å²) in [5.74, 6) is -0.920. The van der Waals surface area contributed by atoms with E-state index in [0.717, 1.165) is 0 Å². The molecule has 5 nitrogen and oxygen atoms in total. The average molecular weight is 161 g/mol. The van der Waals surface area contributed by atoms with Crippen molar-refractivity contribution in [1.82, 2.24) is 16.0 Å². The molecule has 0 aliphatic heterocycles. The summed E-state index contributed by atoms with van der Waals surface area (Å²) in [5.41, 5.74) is -1.06. The lowest BCUT2D eigenvalue weighted by molar-refractivity contribution is -0.145. The molecule has 0 aliphatic carbocycles. The number of hydrogen-bond acceptors (Lipinski definition) is 4. The van der Waals surface area contributed by atoms with Crippen LogP contribution in [0.15, 0.2) is 0 Å². The van der Waals surface area contributed by atoms with E-state index in [0.29, 0.717) is 6.54 Å². The predicted octanol–water partition coefficient (Wildman–Crippen LogP) is -1.57. The normalized spacial score (nSPS) is 11.5. The Morgan fingerprint density at radius 1 is 1.36 bits per heavy atom. The molecule has 0 saturated heterocycles. The van der Waals surface area contributed by atoms with Gasteiger partial charge in [-0.3, -0.25) is 10.6 Å². The first-order valence-corrected chi connectivity index (χ1v) is 3.38. The number of likely N-dealkylation sites (N-methyl/N-ethyl adjacent to an activating group) is 3. The number of rotatable bonds is 5. The minimum absolute atomic E-state index is 0.329. The van der Waals surface area contributed by atoms with Crippen molar-refractivity contribution in [3.8, 4) is 0 Å². The summed E-state index contributed by atoms with van der Waals surface area (Å²) in [7, 11) is 4.90. The Labute approximate surface area is 66.2 Å². The van der Waals surface area contributed by atoms with Gasteiger partial charge < -0.3 is 10.4 Å². The van der Waals surface area contributed by atoms with Crippen molar-refractivity contribution in [2.45, 2.75) is 5.66 Å². The highest BCUT2D eigenvalue weighted by Gasteiger charge is 2.33. The minimum atomic E-state index is -1.06. The lowest BCUT2D eigenvalue weighted by Crippen LogP contribution is -2.65. The number of nitrogens with one attached hydrogen (secondary N) is 3. The van der Waals surface area contributed by atoms with E-state index in [9.17, 15) is 4.79 Å². The molecular formula is C6H15N3O2. The van der Waals surface area contributed by atoms with Crippen LogP contribution in [0.3, 0.4) is 0 Å². The van der Waals surface area contributed by atoms with Gasteiger partial charge in [0.2, 0.25) is 0 Å². The van der Waals surface area contributed by atoms with Gasteiger partial charge in [0.05, 0.1) is 0 Å². The van der Waals surface area contributed by atoms with Crippen LogP contribution in [-0.2, 0) is 4.79 Å². The highest BCUT2D eigenvalue weighted by Crippen LogP contribution is 1.95. The molecule has 0 heterocycles. The van der Waals surface area contributed by atoms with Crippen molar-refractivity contribution in [2.24, 2.45) is 0 Å². The Kier molecular flexibility index (Phi) is 4.02. The van der Waals surface area contributed by atoms with Crippen LogP contribution in [0.25, 0.3) is 0 Å². The van der Waals surface area contributed by atoms with Crippen LogP contribution in [0.4, 0.5) is 0 Å². The number of carbonyl (C=O) groups is 1. The quantitative estimate of drug-likeness (QED) is 0.366. The molecule has 0 bridgehead atoms. The highest BCUT2D eigenvalue weighted by atomic mass is 16.4. The van der Waals surface area contributed by atoms with Crippen LogP contribution in [0, 0.1) is 0 Å². The molecule has 0 aromatic heterocycles. The fourth-order valence-electron chi connectivity index (χ4n) is 0.856. The Morgan fingerprint density at radius 3 is 1.91 bits per heavy atom. The summed E-state index contributed by atoms with van der Waals surface area (Å²) in [6.07, 6.45) is 0. The van der Waals surface area contributed by atoms with Gasteiger partial charge in [-0.05, 0) is 21.1 Å². The minimum Gasteiger partial charge on any atom is -0.479 e. The van der Waals surface area contributed by atoms with Gasteiger partial charge >= 0.3 is 5.97 Å². The van der Waals surface area contributed by atoms with Crippen LogP contribution in [0.5, 0.6) is 0 Å². The summed E-state index contributed by atoms with van der Waals surface area (Å²) in [6, 6.07) is 0. The van der Waals surface area contributed by atoms with Crippen LogP contribution in [-0.4, -0.2) is 44.4 Å². The van der Waals surface area contributed by atoms with E-state index in [-0.39, 0.29) is 0 Å². The van der Waals surface area contributed by atoms with Gasteiger partial charge in [0.25, 0.3) is 0 Å². The molecular weight excluding hydrogens is 146 g/mol. The van der Waals surface area contributed by atoms with E-state index >= 15 is 0 Å². The number of carboxylic acid groups (broad SMARTS) is 1. The molecule has 0 rings (SSSR count). The summed E-state index contributed by atoms with van der Waals surface area (Å²) >= 11 is 0. The molecule has 5 heteroatoms. The highest BCUT2D eigenvalue weighted by molar-refractivity contribution is 5.78. The molecule has 0 fully saturated rings. The summed E-state index contributed by atoms with van der Waals surface area (Å²) < 4.78 is 0. The van der Waals surface area contributed by atoms with Crippen LogP contribution >= 0.6 is 0 Å². The van der Waals surface area contributed by atoms with Gasteiger partial charge in [-0.2, -0.15) is 0 Å². The zero-order chi connectivity index (χ0) is 8.91. The second-order valence-corrected chi connectivity index (χ2v) is 2.24. The SMILES string of the molecule is CNCC(NC)(NC)C(=O)O. The molecule has 0 saturated carbocycles. The Balaban J connectivity index is 4.32. The van der Waals surface area contributed by atoms with Crippen LogP contribution < -0.4 is 16.0 Å². The lowest BCUT2D eigenvalue weighted by Gasteiger charge is -2.27. The van der Waals surface area contributed by atoms with Gasteiger partial charge in [0.1, 0.15) is 0 Å². The maximum atomic E-state index is 10.7. The molecule has 0 atom stereocenters. The number of carboxylic acids is 1. The maximum Gasteiger partial charge on any atom is 0.340 e. The van der Waals surface area contributed by atoms with Gasteiger partial charge in [0.15, 0.2) is 5.66 Å². The first-order chi connectivity index (χ1) is 5.13. The third-order valence-corrected chi connectivity index (χ3v) is 1.66. The summed E-state index contributed by atoms with van der Waals surface area (Å²) in [5, 5.41) is 17.0. The zero-order valence-corrected chi connectivity index (χ0v) is 7.06. The van der Waals surface area contributed by atoms with E-state index in [1.807, 2.05) is 0 Å². The van der Waals surface area contributed by atoms with Gasteiger partial charge in [-0.25, -0.2) is 4.79 Å². The second-order valence-electron chi connectivity index (χ2n) is 2.24. The first-order valence-electron chi connectivity index (χ1n) is 3.38. The Bertz CT molecular complexity index is 134. The average Bonchev–Trinajstić information content (AvgIpc) is 2.00. The largest absolute Gasteiger partial charge is 0.479 e. The molecule has 0 aromatic carbocycles. The predicted molar refractivity (Wildman–Crippen MR) is 42.4 cm³/mol. The molecule has 0 aliphatic rings. The van der Waals surface area contributed by atoms with Gasteiger partial charge in [0, 0.05) is 6.54 Å². The van der Waals surface area contributed by atoms with E-state index in [1.165, 1.54) is 0 Å². The van der Waals surface area contributed by atoms with Crippen molar-refractivity contribution in [2.75, 3.05) is 27.7 Å². The third-order valence-electron chi connectivity index (χ3n) is 1.66. The molecule has 0 aromatic rings. The standard InChI is InChI=1S/C6H15N3O2/c1-7-4-6(8-2,9-3)5(10)11/h7-9H,4H2,1-3H3,(H,10,11). The van der Waals surface area contributed by atoms with Crippen molar-refractivity contribution in [3.63, 3.8) is 0 Å². The van der Waals surface area contributed by atoms with Crippen LogP contribution in [0.2, 0.25) is 0 Å². The molecule has 0 spiro atoms. The Morgan fingerprint density at radius 2 is 1.82 bits per heavy atom. The molecule has 0 radical (unpaired) electrons. The topological polar surface area (TPSA) is 73.4 Å². The zero-order valence-electron chi connectivity index (χ0n) is 7.06. The van der Waals surface area contributed by atoms with E-state index in [4.69, 9.17) is 5.11 Å². The summed E-state index contributed by atoms with van der Waals surface area (Å²) in [6.45, 7) is 0.329. The van der Waals surface area contributed by atoms with Crippen molar-refractivity contribution < 1.29 is 9.90 Å². The lowest BCUT2D eigenvalue weighted by atomic mass is 10.1. The second kappa shape index (κ2) is 4.27. The number of hydrogen-bond donors (Lipinski definition) is 4. The smallest absolute Gasteiger partial charge is 0.340 e. The fraction of sp³-hybridized carbons (Fsp3) is 0.833. The molecule has 0 amide bonds. The molecule has 11 heavy (non-hydrogen) atoms. The molecule has 66 valence electrons. The van der Waals surface area contributed by atoms with Gasteiger partial charge in [-0.15, -0.1) is 0 Å². The maximum absolute atomic E-state index is 10.7. The first kappa shape index (κ1) is 10.3. The van der Waals surface area contributed by atoms with Crippen molar-refractivity contribution in [3.05, 3.63) is 0 Å². The fourth-order valence-corrected chi connectivity index (χ4v) is 0.856. The van der Waals surface area contributed by atoms with E-state index < -0.39 is 11.6 Å². The van der Waals surface area contributed by atoms with Crippen molar-refractivity contribution in [1.29, 1.82) is 0 Å². The molecule has 4 N–H and O–H groups in total.